The summed E-state index contributed by atoms with van der Waals surface area (Å²) in [7, 11) is 0. The quantitative estimate of drug-likeness (QED) is 0.445. The molecular formula is C8H17O4. The van der Waals surface area contributed by atoms with E-state index in [0.29, 0.717) is 6.42 Å². The first-order chi connectivity index (χ1) is 5.76. The molecule has 0 saturated carbocycles. The molecular weight excluding hydrogens is 160 g/mol. The fourth-order valence-electron chi connectivity index (χ4n) is 0.810. The highest BCUT2D eigenvalue weighted by Crippen LogP contribution is 2.07. The Hall–Kier alpha value is -0.160. The molecule has 0 bridgehead atoms. The average Bonchev–Trinajstić information content (AvgIpc) is 2.07. The molecule has 0 heterocycles. The van der Waals surface area contributed by atoms with Crippen molar-refractivity contribution in [2.45, 2.75) is 12.5 Å². The van der Waals surface area contributed by atoms with Crippen molar-refractivity contribution >= 4 is 0 Å². The Balaban J connectivity index is 3.47. The molecule has 0 amide bonds. The Kier molecular flexibility index (Phi) is 7.39. The van der Waals surface area contributed by atoms with Gasteiger partial charge in [-0.2, -0.15) is 0 Å². The highest BCUT2D eigenvalue weighted by atomic mass is 16.5. The van der Waals surface area contributed by atoms with Gasteiger partial charge in [0.1, 0.15) is 0 Å². The molecule has 0 rings (SSSR count). The number of hydrogen-bond acceptors (Lipinski definition) is 4. The van der Waals surface area contributed by atoms with Gasteiger partial charge in [-0.15, -0.1) is 0 Å². The summed E-state index contributed by atoms with van der Waals surface area (Å²) in [6.07, 6.45) is -0.223. The third-order valence-corrected chi connectivity index (χ3v) is 1.67. The van der Waals surface area contributed by atoms with Crippen LogP contribution in [0.15, 0.2) is 0 Å². The van der Waals surface area contributed by atoms with Crippen LogP contribution in [-0.4, -0.2) is 47.9 Å². The Labute approximate surface area is 72.8 Å². The zero-order valence-electron chi connectivity index (χ0n) is 7.15. The van der Waals surface area contributed by atoms with Crippen molar-refractivity contribution in [1.82, 2.24) is 0 Å². The molecule has 0 aromatic carbocycles. The third kappa shape index (κ3) is 4.66. The lowest BCUT2D eigenvalue weighted by Gasteiger charge is -2.18. The monoisotopic (exact) mass is 177 g/mol. The molecule has 4 nitrogen and oxygen atoms in total. The Morgan fingerprint density at radius 2 is 2.00 bits per heavy atom. The molecule has 0 aliphatic carbocycles. The Morgan fingerprint density at radius 1 is 1.33 bits per heavy atom. The van der Waals surface area contributed by atoms with Crippen LogP contribution in [0.3, 0.4) is 0 Å². The van der Waals surface area contributed by atoms with Crippen molar-refractivity contribution < 1.29 is 20.1 Å². The number of aliphatic hydroxyl groups is 3. The van der Waals surface area contributed by atoms with Crippen molar-refractivity contribution in [3.05, 3.63) is 6.92 Å². The normalized spacial score (nSPS) is 16.0. The van der Waals surface area contributed by atoms with E-state index in [2.05, 4.69) is 6.92 Å². The lowest BCUT2D eigenvalue weighted by atomic mass is 10.0. The minimum Gasteiger partial charge on any atom is -0.396 e. The van der Waals surface area contributed by atoms with Gasteiger partial charge in [-0.1, -0.05) is 6.92 Å². The van der Waals surface area contributed by atoms with Crippen LogP contribution < -0.4 is 0 Å². The van der Waals surface area contributed by atoms with Gasteiger partial charge in [0.25, 0.3) is 0 Å². The molecule has 0 fully saturated rings. The molecule has 2 atom stereocenters. The first kappa shape index (κ1) is 11.8. The van der Waals surface area contributed by atoms with Crippen molar-refractivity contribution in [1.29, 1.82) is 0 Å². The maximum Gasteiger partial charge on any atom is 0.0823 e. The van der Waals surface area contributed by atoms with Gasteiger partial charge in [-0.05, 0) is 6.42 Å². The summed E-state index contributed by atoms with van der Waals surface area (Å²) in [5, 5.41) is 26.4. The highest BCUT2D eigenvalue weighted by molar-refractivity contribution is 4.68. The minimum atomic E-state index is -0.695. The molecule has 0 saturated heterocycles. The van der Waals surface area contributed by atoms with Crippen LogP contribution >= 0.6 is 0 Å². The van der Waals surface area contributed by atoms with E-state index in [-0.39, 0.29) is 32.3 Å². The fraction of sp³-hybridized carbons (Fsp3) is 0.875. The SMILES string of the molecule is [CH2]CC(CO)C(O)COCCO. The lowest BCUT2D eigenvalue weighted by Crippen LogP contribution is -2.28. The molecule has 0 aromatic heterocycles. The molecule has 2 unspecified atom stereocenters. The Bertz CT molecular complexity index is 93.1. The molecule has 1 radical (unpaired) electrons. The number of hydrogen-bond donors (Lipinski definition) is 3. The van der Waals surface area contributed by atoms with E-state index in [0.717, 1.165) is 0 Å². The van der Waals surface area contributed by atoms with Crippen molar-refractivity contribution in [3.8, 4) is 0 Å². The molecule has 0 aliphatic heterocycles. The van der Waals surface area contributed by atoms with Gasteiger partial charge in [0.05, 0.1) is 25.9 Å². The van der Waals surface area contributed by atoms with E-state index >= 15 is 0 Å². The number of aliphatic hydroxyl groups excluding tert-OH is 3. The van der Waals surface area contributed by atoms with Gasteiger partial charge in [-0.25, -0.2) is 0 Å². The summed E-state index contributed by atoms with van der Waals surface area (Å²) in [5.74, 6) is -0.233. The second-order valence-electron chi connectivity index (χ2n) is 2.60. The van der Waals surface area contributed by atoms with E-state index in [1.165, 1.54) is 0 Å². The highest BCUT2D eigenvalue weighted by Gasteiger charge is 2.15. The van der Waals surface area contributed by atoms with Gasteiger partial charge >= 0.3 is 0 Å². The van der Waals surface area contributed by atoms with Gasteiger partial charge in [0, 0.05) is 12.5 Å². The predicted octanol–water partition coefficient (Wildman–Crippen LogP) is -0.811. The molecule has 0 spiro atoms. The van der Waals surface area contributed by atoms with Gasteiger partial charge in [0.2, 0.25) is 0 Å². The van der Waals surface area contributed by atoms with Crippen LogP contribution in [0.25, 0.3) is 0 Å². The van der Waals surface area contributed by atoms with E-state index in [1.807, 2.05) is 0 Å². The van der Waals surface area contributed by atoms with Crippen LogP contribution in [0, 0.1) is 12.8 Å². The Morgan fingerprint density at radius 3 is 2.42 bits per heavy atom. The first-order valence-electron chi connectivity index (χ1n) is 4.03. The molecule has 0 aromatic rings. The van der Waals surface area contributed by atoms with Crippen LogP contribution in [0.2, 0.25) is 0 Å². The second-order valence-corrected chi connectivity index (χ2v) is 2.60. The summed E-state index contributed by atoms with van der Waals surface area (Å²) in [6.45, 7) is 3.79. The largest absolute Gasteiger partial charge is 0.396 e. The van der Waals surface area contributed by atoms with E-state index in [9.17, 15) is 5.11 Å². The first-order valence-corrected chi connectivity index (χ1v) is 4.03. The van der Waals surface area contributed by atoms with Gasteiger partial charge < -0.3 is 20.1 Å². The maximum atomic E-state index is 9.33. The van der Waals surface area contributed by atoms with Crippen LogP contribution in [0.1, 0.15) is 6.42 Å². The summed E-state index contributed by atoms with van der Waals surface area (Å²) in [6, 6.07) is 0. The van der Waals surface area contributed by atoms with Crippen LogP contribution in [-0.2, 0) is 4.74 Å². The standard InChI is InChI=1S/C8H17O4/c1-2-7(5-10)8(11)6-12-4-3-9/h7-11H,1-6H2. The maximum absolute atomic E-state index is 9.33. The molecule has 73 valence electrons. The zero-order valence-corrected chi connectivity index (χ0v) is 7.15. The second kappa shape index (κ2) is 7.49. The van der Waals surface area contributed by atoms with E-state index in [1.54, 1.807) is 0 Å². The molecule has 4 heteroatoms. The van der Waals surface area contributed by atoms with Crippen molar-refractivity contribution in [2.24, 2.45) is 5.92 Å². The van der Waals surface area contributed by atoms with E-state index in [4.69, 9.17) is 14.9 Å². The average molecular weight is 177 g/mol. The smallest absolute Gasteiger partial charge is 0.0823 e. The topological polar surface area (TPSA) is 69.9 Å². The van der Waals surface area contributed by atoms with Crippen LogP contribution in [0.5, 0.6) is 0 Å². The lowest BCUT2D eigenvalue weighted by molar-refractivity contribution is -0.0179. The van der Waals surface area contributed by atoms with Gasteiger partial charge in [0.15, 0.2) is 0 Å². The van der Waals surface area contributed by atoms with Crippen molar-refractivity contribution in [3.63, 3.8) is 0 Å². The summed E-state index contributed by atoms with van der Waals surface area (Å²) >= 11 is 0. The third-order valence-electron chi connectivity index (χ3n) is 1.67. The predicted molar refractivity (Wildman–Crippen MR) is 44.5 cm³/mol. The van der Waals surface area contributed by atoms with Crippen molar-refractivity contribution in [2.75, 3.05) is 26.4 Å². The molecule has 3 N–H and O–H groups in total. The summed E-state index contributed by atoms with van der Waals surface area (Å²) in [4.78, 5) is 0. The number of rotatable bonds is 7. The number of ether oxygens (including phenoxy) is 1. The van der Waals surface area contributed by atoms with Crippen LogP contribution in [0.4, 0.5) is 0 Å². The van der Waals surface area contributed by atoms with Gasteiger partial charge in [-0.3, -0.25) is 0 Å². The zero-order chi connectivity index (χ0) is 9.40. The summed E-state index contributed by atoms with van der Waals surface area (Å²) in [5.41, 5.74) is 0. The fourth-order valence-corrected chi connectivity index (χ4v) is 0.810. The summed E-state index contributed by atoms with van der Waals surface area (Å²) < 4.78 is 4.89. The minimum absolute atomic E-state index is 0.0547. The molecule has 0 aliphatic rings. The molecule has 12 heavy (non-hydrogen) atoms. The van der Waals surface area contributed by atoms with E-state index < -0.39 is 6.10 Å².